The molecule has 0 saturated heterocycles. The van der Waals surface area contributed by atoms with Gasteiger partial charge in [0.2, 0.25) is 0 Å². The number of nitrogens with zero attached hydrogens (tertiary/aromatic N) is 1. The van der Waals surface area contributed by atoms with Gasteiger partial charge in [-0.3, -0.25) is 9.59 Å². The molecule has 3 aromatic rings. The van der Waals surface area contributed by atoms with Crippen LogP contribution >= 0.6 is 0 Å². The van der Waals surface area contributed by atoms with E-state index in [-0.39, 0.29) is 12.1 Å². The van der Waals surface area contributed by atoms with Gasteiger partial charge in [0.1, 0.15) is 11.6 Å². The van der Waals surface area contributed by atoms with Crippen molar-refractivity contribution in [1.29, 1.82) is 0 Å². The number of pyridine rings is 1. The van der Waals surface area contributed by atoms with Gasteiger partial charge in [0, 0.05) is 18.4 Å². The Hall–Kier alpha value is -3.81. The molecule has 1 aromatic heterocycles. The monoisotopic (exact) mass is 478 g/mol. The van der Waals surface area contributed by atoms with Crippen LogP contribution in [0.15, 0.2) is 47.3 Å². The normalized spacial score (nSPS) is 14.9. The smallest absolute Gasteiger partial charge is 0.328 e. The van der Waals surface area contributed by atoms with E-state index >= 15 is 0 Å². The number of hydrogen-bond acceptors (Lipinski definition) is 6. The first-order valence-electron chi connectivity index (χ1n) is 11.8. The third-order valence-corrected chi connectivity index (χ3v) is 6.36. The van der Waals surface area contributed by atoms with E-state index in [2.05, 4.69) is 11.9 Å². The van der Waals surface area contributed by atoms with Gasteiger partial charge in [-0.2, -0.15) is 0 Å². The molecule has 1 aliphatic rings. The molecule has 0 radical (unpaired) electrons. The first-order valence-corrected chi connectivity index (χ1v) is 11.8. The van der Waals surface area contributed by atoms with Gasteiger partial charge < -0.3 is 24.1 Å². The molecule has 1 N–H and O–H groups in total. The third-order valence-electron chi connectivity index (χ3n) is 6.36. The lowest BCUT2D eigenvalue weighted by atomic mass is 9.93. The molecular formula is C27H30N2O6. The lowest BCUT2D eigenvalue weighted by molar-refractivity contribution is -0.146. The zero-order valence-electron chi connectivity index (χ0n) is 20.3. The quantitative estimate of drug-likeness (QED) is 0.390. The summed E-state index contributed by atoms with van der Waals surface area (Å²) in [5.74, 6) is -0.101. The number of hydrogen-bond donors (Lipinski definition) is 1. The number of carbonyl (C=O) groups excluding carboxylic acids is 2. The average Bonchev–Trinajstić information content (AvgIpc) is 2.89. The first kappa shape index (κ1) is 24.3. The second-order valence-corrected chi connectivity index (χ2v) is 8.57. The van der Waals surface area contributed by atoms with Crippen molar-refractivity contribution in [3.8, 4) is 11.5 Å². The molecule has 2 aromatic carbocycles. The number of benzene rings is 2. The van der Waals surface area contributed by atoms with Crippen LogP contribution in [-0.4, -0.2) is 48.6 Å². The van der Waals surface area contributed by atoms with Crippen LogP contribution in [0.2, 0.25) is 0 Å². The number of aromatic amines is 1. The van der Waals surface area contributed by atoms with Crippen LogP contribution in [0.1, 0.15) is 47.7 Å². The van der Waals surface area contributed by atoms with E-state index in [0.29, 0.717) is 35.4 Å². The molecule has 2 heterocycles. The summed E-state index contributed by atoms with van der Waals surface area (Å²) < 4.78 is 16.4. The summed E-state index contributed by atoms with van der Waals surface area (Å²) in [6.07, 6.45) is 3.30. The summed E-state index contributed by atoms with van der Waals surface area (Å²) in [7, 11) is 2.83. The Morgan fingerprint density at radius 3 is 2.57 bits per heavy atom. The molecule has 8 nitrogen and oxygen atoms in total. The number of ether oxygens (including phenoxy) is 3. The molecule has 0 bridgehead atoms. The fraction of sp³-hybridized carbons (Fsp3) is 0.370. The van der Waals surface area contributed by atoms with Gasteiger partial charge in [-0.25, -0.2) is 4.79 Å². The van der Waals surface area contributed by atoms with Crippen LogP contribution < -0.4 is 15.0 Å². The summed E-state index contributed by atoms with van der Waals surface area (Å²) >= 11 is 0. The molecule has 184 valence electrons. The number of esters is 1. The number of carbonyl (C=O) groups is 2. The second-order valence-electron chi connectivity index (χ2n) is 8.57. The minimum Gasteiger partial charge on any atom is -0.493 e. The lowest BCUT2D eigenvalue weighted by Gasteiger charge is -2.35. The molecule has 1 unspecified atom stereocenters. The maximum absolute atomic E-state index is 13.6. The topological polar surface area (TPSA) is 97.9 Å². The number of fused-ring (bicyclic) bond motifs is 2. The van der Waals surface area contributed by atoms with Gasteiger partial charge in [-0.15, -0.1) is 0 Å². The Kier molecular flexibility index (Phi) is 7.39. The molecule has 1 aliphatic heterocycles. The molecule has 0 spiro atoms. The van der Waals surface area contributed by atoms with E-state index in [1.807, 2.05) is 24.3 Å². The molecule has 0 aliphatic carbocycles. The first-order chi connectivity index (χ1) is 17.0. The number of methoxy groups -OCH3 is 2. The maximum atomic E-state index is 13.6. The number of H-pyrrole nitrogens is 1. The zero-order chi connectivity index (χ0) is 24.9. The van der Waals surface area contributed by atoms with E-state index < -0.39 is 23.5 Å². The summed E-state index contributed by atoms with van der Waals surface area (Å²) in [4.78, 5) is 43.5. The Balaban J connectivity index is 1.72. The SMILES string of the molecule is CCCCCOc1c(OC)ccc2cc(C(=O)N3Cc4ccccc4CC3C(=O)OC)c(=O)[nH]c12. The molecule has 0 fully saturated rings. The van der Waals surface area contributed by atoms with E-state index in [1.165, 1.54) is 19.1 Å². The maximum Gasteiger partial charge on any atom is 0.328 e. The molecule has 1 amide bonds. The summed E-state index contributed by atoms with van der Waals surface area (Å²) in [6.45, 7) is 2.81. The largest absolute Gasteiger partial charge is 0.493 e. The second kappa shape index (κ2) is 10.6. The standard InChI is InChI=1S/C27H30N2O6/c1-4-5-8-13-35-24-22(33-2)12-11-18-14-20(25(30)28-23(18)24)26(31)29-16-19-10-7-6-9-17(19)15-21(29)27(32)34-3/h6-7,9-12,14,21H,4-5,8,13,15-16H2,1-3H3,(H,28,30). The average molecular weight is 479 g/mol. The summed E-state index contributed by atoms with van der Waals surface area (Å²) in [6, 6.07) is 11.9. The predicted molar refractivity (Wildman–Crippen MR) is 132 cm³/mol. The van der Waals surface area contributed by atoms with Crippen molar-refractivity contribution in [2.45, 2.75) is 45.2 Å². The minimum absolute atomic E-state index is 0.0483. The number of unbranched alkanes of at least 4 members (excludes halogenated alkanes) is 2. The molecule has 4 rings (SSSR count). The summed E-state index contributed by atoms with van der Waals surface area (Å²) in [5.41, 5.74) is 1.78. The van der Waals surface area contributed by atoms with Crippen LogP contribution in [0.4, 0.5) is 0 Å². The highest BCUT2D eigenvalue weighted by Crippen LogP contribution is 2.34. The Labute approximate surface area is 203 Å². The minimum atomic E-state index is -0.814. The number of rotatable bonds is 8. The van der Waals surface area contributed by atoms with Crippen LogP contribution in [0, 0.1) is 0 Å². The van der Waals surface area contributed by atoms with Crippen molar-refractivity contribution >= 4 is 22.8 Å². The molecule has 8 heteroatoms. The van der Waals surface area contributed by atoms with Gasteiger partial charge in [0.25, 0.3) is 11.5 Å². The van der Waals surface area contributed by atoms with Gasteiger partial charge >= 0.3 is 5.97 Å². The highest BCUT2D eigenvalue weighted by atomic mass is 16.5. The summed E-state index contributed by atoms with van der Waals surface area (Å²) in [5, 5.41) is 0.631. The molecule has 35 heavy (non-hydrogen) atoms. The van der Waals surface area contributed by atoms with Gasteiger partial charge in [0.05, 0.1) is 26.3 Å². The van der Waals surface area contributed by atoms with Gasteiger partial charge in [-0.1, -0.05) is 44.0 Å². The van der Waals surface area contributed by atoms with Gasteiger partial charge in [-0.05, 0) is 35.7 Å². The van der Waals surface area contributed by atoms with E-state index in [4.69, 9.17) is 14.2 Å². The van der Waals surface area contributed by atoms with E-state index in [9.17, 15) is 14.4 Å². The molecule has 0 saturated carbocycles. The van der Waals surface area contributed by atoms with Crippen molar-refractivity contribution in [3.05, 3.63) is 69.5 Å². The zero-order valence-corrected chi connectivity index (χ0v) is 20.3. The van der Waals surface area contributed by atoms with Crippen molar-refractivity contribution in [2.24, 2.45) is 0 Å². The highest BCUT2D eigenvalue weighted by Gasteiger charge is 2.36. The third kappa shape index (κ3) is 4.87. The number of nitrogens with one attached hydrogen (secondary N) is 1. The molecular weight excluding hydrogens is 448 g/mol. The van der Waals surface area contributed by atoms with Crippen LogP contribution in [0.25, 0.3) is 10.9 Å². The van der Waals surface area contributed by atoms with Crippen LogP contribution in [0.3, 0.4) is 0 Å². The van der Waals surface area contributed by atoms with Crippen LogP contribution in [0.5, 0.6) is 11.5 Å². The van der Waals surface area contributed by atoms with Crippen LogP contribution in [-0.2, 0) is 22.5 Å². The van der Waals surface area contributed by atoms with Gasteiger partial charge in [0.15, 0.2) is 11.5 Å². The highest BCUT2D eigenvalue weighted by molar-refractivity contribution is 6.00. The van der Waals surface area contributed by atoms with Crippen molar-refractivity contribution in [1.82, 2.24) is 9.88 Å². The van der Waals surface area contributed by atoms with Crippen molar-refractivity contribution < 1.29 is 23.8 Å². The molecule has 1 atom stereocenters. The Bertz CT molecular complexity index is 1300. The van der Waals surface area contributed by atoms with E-state index in [1.54, 1.807) is 18.2 Å². The fourth-order valence-corrected chi connectivity index (χ4v) is 4.46. The Morgan fingerprint density at radius 2 is 1.86 bits per heavy atom. The number of aromatic nitrogens is 1. The van der Waals surface area contributed by atoms with E-state index in [0.717, 1.165) is 30.4 Å². The fourth-order valence-electron chi connectivity index (χ4n) is 4.46. The predicted octanol–water partition coefficient (Wildman–Crippen LogP) is 3.85. The van der Waals surface area contributed by atoms with Crippen molar-refractivity contribution in [3.63, 3.8) is 0 Å². The number of amides is 1. The lowest BCUT2D eigenvalue weighted by Crippen LogP contribution is -2.50. The Morgan fingerprint density at radius 1 is 1.09 bits per heavy atom. The van der Waals surface area contributed by atoms with Crippen molar-refractivity contribution in [2.75, 3.05) is 20.8 Å².